The van der Waals surface area contributed by atoms with Gasteiger partial charge in [0.25, 0.3) is 5.56 Å². The molecule has 0 N–H and O–H groups in total. The zero-order valence-electron chi connectivity index (χ0n) is 15.8. The average molecular weight is 417 g/mol. The van der Waals surface area contributed by atoms with Gasteiger partial charge in [-0.2, -0.15) is 0 Å². The molecule has 0 aliphatic rings. The van der Waals surface area contributed by atoms with Gasteiger partial charge in [-0.05, 0) is 30.5 Å². The number of rotatable bonds is 7. The Morgan fingerprint density at radius 1 is 1.21 bits per heavy atom. The third-order valence-corrected chi connectivity index (χ3v) is 5.79. The monoisotopic (exact) mass is 416 g/mol. The summed E-state index contributed by atoms with van der Waals surface area (Å²) in [5.41, 5.74) is 1.01. The van der Waals surface area contributed by atoms with Crippen molar-refractivity contribution in [2.45, 2.75) is 31.0 Å². The smallest absolute Gasteiger partial charge is 0.309 e. The number of aryl methyl sites for hydroxylation is 1. The Morgan fingerprint density at radius 3 is 2.71 bits per heavy atom. The highest BCUT2D eigenvalue weighted by Crippen LogP contribution is 2.24. The molecule has 0 saturated heterocycles. The molecule has 0 saturated carbocycles. The lowest BCUT2D eigenvalue weighted by molar-refractivity contribution is 0.696. The van der Waals surface area contributed by atoms with Gasteiger partial charge in [0.2, 0.25) is 0 Å². The predicted octanol–water partition coefficient (Wildman–Crippen LogP) is 3.03. The average Bonchev–Trinajstić information content (AvgIpc) is 3.03. The summed E-state index contributed by atoms with van der Waals surface area (Å²) in [6.07, 6.45) is 7.94. The van der Waals surface area contributed by atoms with Gasteiger partial charge in [-0.15, -0.1) is 12.3 Å². The fourth-order valence-electron chi connectivity index (χ4n) is 2.99. The molecule has 3 rings (SSSR count). The number of hydrogen-bond donors (Lipinski definition) is 0. The molecule has 146 valence electrons. The van der Waals surface area contributed by atoms with E-state index in [1.165, 1.54) is 11.6 Å². The summed E-state index contributed by atoms with van der Waals surface area (Å²) in [4.78, 5) is 29.7. The molecule has 8 heteroatoms. The van der Waals surface area contributed by atoms with Crippen molar-refractivity contribution in [3.63, 3.8) is 0 Å². The van der Waals surface area contributed by atoms with Crippen molar-refractivity contribution in [2.75, 3.05) is 5.75 Å². The Labute approximate surface area is 172 Å². The maximum Gasteiger partial charge on any atom is 0.332 e. The molecular weight excluding hydrogens is 396 g/mol. The molecule has 28 heavy (non-hydrogen) atoms. The summed E-state index contributed by atoms with van der Waals surface area (Å²) >= 11 is 7.68. The maximum absolute atomic E-state index is 12.8. The van der Waals surface area contributed by atoms with E-state index in [1.807, 2.05) is 22.8 Å². The Kier molecular flexibility index (Phi) is 6.32. The van der Waals surface area contributed by atoms with Crippen LogP contribution in [0.15, 0.2) is 39.0 Å². The van der Waals surface area contributed by atoms with Crippen LogP contribution in [-0.4, -0.2) is 24.4 Å². The predicted molar refractivity (Wildman–Crippen MR) is 114 cm³/mol. The van der Waals surface area contributed by atoms with Crippen LogP contribution in [0.4, 0.5) is 0 Å². The summed E-state index contributed by atoms with van der Waals surface area (Å²) in [6.45, 7) is 0.442. The molecule has 3 aromatic rings. The number of aromatic nitrogens is 4. The van der Waals surface area contributed by atoms with Crippen LogP contribution in [0.3, 0.4) is 0 Å². The van der Waals surface area contributed by atoms with Gasteiger partial charge in [0.15, 0.2) is 16.3 Å². The summed E-state index contributed by atoms with van der Waals surface area (Å²) in [6, 6.07) is 7.49. The van der Waals surface area contributed by atoms with Crippen LogP contribution in [0.1, 0.15) is 24.8 Å². The Bertz CT molecular complexity index is 1170. The number of hydrogen-bond acceptors (Lipinski definition) is 4. The minimum atomic E-state index is -0.393. The molecule has 2 aromatic heterocycles. The van der Waals surface area contributed by atoms with Gasteiger partial charge >= 0.3 is 5.69 Å². The van der Waals surface area contributed by atoms with Crippen LogP contribution in [0.25, 0.3) is 11.2 Å². The van der Waals surface area contributed by atoms with E-state index in [0.717, 1.165) is 35.1 Å². The number of benzene rings is 1. The van der Waals surface area contributed by atoms with Gasteiger partial charge in [-0.25, -0.2) is 9.78 Å². The zero-order chi connectivity index (χ0) is 20.3. The van der Waals surface area contributed by atoms with Crippen LogP contribution in [0.5, 0.6) is 0 Å². The quantitative estimate of drug-likeness (QED) is 0.337. The lowest BCUT2D eigenvalue weighted by atomic mass is 10.2. The van der Waals surface area contributed by atoms with E-state index in [-0.39, 0.29) is 5.56 Å². The van der Waals surface area contributed by atoms with E-state index >= 15 is 0 Å². The van der Waals surface area contributed by atoms with Gasteiger partial charge < -0.3 is 4.57 Å². The highest BCUT2D eigenvalue weighted by Gasteiger charge is 2.19. The van der Waals surface area contributed by atoms with Crippen molar-refractivity contribution in [3.05, 3.63) is 55.7 Å². The molecule has 0 aliphatic carbocycles. The van der Waals surface area contributed by atoms with Crippen LogP contribution >= 0.6 is 23.4 Å². The third kappa shape index (κ3) is 4.03. The standard InChI is InChI=1S/C20H21ClN4O2S/c1-4-5-6-7-11-28-19-22-17-16(18(26)24(3)20(27)23(17)2)25(19)13-14-9-8-10-15(21)12-14/h1,8-10,12H,5-7,11,13H2,2-3H3. The van der Waals surface area contributed by atoms with Gasteiger partial charge in [0, 0.05) is 31.3 Å². The molecular formula is C20H21ClN4O2S. The molecule has 0 radical (unpaired) electrons. The highest BCUT2D eigenvalue weighted by atomic mass is 35.5. The lowest BCUT2D eigenvalue weighted by Gasteiger charge is -2.10. The first-order valence-corrected chi connectivity index (χ1v) is 10.3. The highest BCUT2D eigenvalue weighted by molar-refractivity contribution is 7.99. The molecule has 0 amide bonds. The molecule has 6 nitrogen and oxygen atoms in total. The minimum Gasteiger partial charge on any atom is -0.309 e. The van der Waals surface area contributed by atoms with Crippen LogP contribution < -0.4 is 11.2 Å². The summed E-state index contributed by atoms with van der Waals surface area (Å²) in [7, 11) is 3.11. The van der Waals surface area contributed by atoms with Gasteiger partial charge in [0.05, 0.1) is 6.54 Å². The van der Waals surface area contributed by atoms with Crippen molar-refractivity contribution in [3.8, 4) is 12.3 Å². The van der Waals surface area contributed by atoms with E-state index in [2.05, 4.69) is 10.9 Å². The van der Waals surface area contributed by atoms with Gasteiger partial charge in [-0.3, -0.25) is 13.9 Å². The first-order chi connectivity index (χ1) is 13.4. The maximum atomic E-state index is 12.8. The van der Waals surface area contributed by atoms with E-state index in [0.29, 0.717) is 27.9 Å². The normalized spacial score (nSPS) is 11.1. The molecule has 2 heterocycles. The van der Waals surface area contributed by atoms with Crippen molar-refractivity contribution in [1.82, 2.24) is 18.7 Å². The Morgan fingerprint density at radius 2 is 2.00 bits per heavy atom. The number of thioether (sulfide) groups is 1. The Balaban J connectivity index is 2.08. The first-order valence-electron chi connectivity index (χ1n) is 8.91. The summed E-state index contributed by atoms with van der Waals surface area (Å²) in [5, 5.41) is 1.33. The van der Waals surface area contributed by atoms with Crippen molar-refractivity contribution < 1.29 is 0 Å². The second-order valence-electron chi connectivity index (χ2n) is 6.50. The SMILES string of the molecule is C#CCCCCSc1nc2c(c(=O)n(C)c(=O)n2C)n1Cc1cccc(Cl)c1. The molecule has 0 spiro atoms. The van der Waals surface area contributed by atoms with Gasteiger partial charge in [0.1, 0.15) is 0 Å². The van der Waals surface area contributed by atoms with Crippen molar-refractivity contribution in [2.24, 2.45) is 14.1 Å². The minimum absolute atomic E-state index is 0.355. The summed E-state index contributed by atoms with van der Waals surface area (Å²) < 4.78 is 4.39. The number of unbranched alkanes of at least 4 members (excludes halogenated alkanes) is 2. The Hall–Kier alpha value is -2.43. The molecule has 0 bridgehead atoms. The van der Waals surface area contributed by atoms with Crippen LogP contribution in [-0.2, 0) is 20.6 Å². The molecule has 0 aliphatic heterocycles. The number of imidazole rings is 1. The van der Waals surface area contributed by atoms with E-state index < -0.39 is 5.69 Å². The molecule has 1 aromatic carbocycles. The number of fused-ring (bicyclic) bond motifs is 1. The third-order valence-electron chi connectivity index (χ3n) is 4.49. The number of nitrogens with zero attached hydrogens (tertiary/aromatic N) is 4. The molecule has 0 fully saturated rings. The lowest BCUT2D eigenvalue weighted by Crippen LogP contribution is -2.37. The fourth-order valence-corrected chi connectivity index (χ4v) is 4.20. The first kappa shape index (κ1) is 20.3. The van der Waals surface area contributed by atoms with E-state index in [4.69, 9.17) is 18.0 Å². The zero-order valence-corrected chi connectivity index (χ0v) is 17.4. The van der Waals surface area contributed by atoms with E-state index in [9.17, 15) is 9.59 Å². The van der Waals surface area contributed by atoms with E-state index in [1.54, 1.807) is 24.9 Å². The number of terminal acetylenes is 1. The molecule has 0 unspecified atom stereocenters. The second kappa shape index (κ2) is 8.72. The number of halogens is 1. The van der Waals surface area contributed by atoms with Crippen molar-refractivity contribution in [1.29, 1.82) is 0 Å². The largest absolute Gasteiger partial charge is 0.332 e. The molecule has 0 atom stereocenters. The fraction of sp³-hybridized carbons (Fsp3) is 0.350. The topological polar surface area (TPSA) is 61.8 Å². The summed E-state index contributed by atoms with van der Waals surface area (Å²) in [5.74, 6) is 3.47. The van der Waals surface area contributed by atoms with Crippen molar-refractivity contribution >= 4 is 34.5 Å². The van der Waals surface area contributed by atoms with Crippen LogP contribution in [0, 0.1) is 12.3 Å². The van der Waals surface area contributed by atoms with Crippen LogP contribution in [0.2, 0.25) is 5.02 Å². The second-order valence-corrected chi connectivity index (χ2v) is 8.00. The van der Waals surface area contributed by atoms with Gasteiger partial charge in [-0.1, -0.05) is 35.5 Å².